The molecule has 5 nitrogen and oxygen atoms in total. The second kappa shape index (κ2) is 6.96. The quantitative estimate of drug-likeness (QED) is 0.730. The lowest BCUT2D eigenvalue weighted by molar-refractivity contribution is -0.114. The minimum atomic E-state index is -0.319. The molecule has 5 heteroatoms. The first-order valence-corrected chi connectivity index (χ1v) is 8.75. The minimum Gasteiger partial charge on any atom is -0.360 e. The molecule has 0 saturated heterocycles. The number of nitrogens with zero attached hydrogens (tertiary/aromatic N) is 1. The van der Waals surface area contributed by atoms with Crippen LogP contribution in [0.25, 0.3) is 0 Å². The molecule has 3 aromatic rings. The van der Waals surface area contributed by atoms with E-state index >= 15 is 0 Å². The third-order valence-electron chi connectivity index (χ3n) is 4.51. The molecule has 4 rings (SSSR count). The second-order valence-corrected chi connectivity index (χ2v) is 6.41. The Kier molecular flexibility index (Phi) is 4.34. The van der Waals surface area contributed by atoms with Crippen molar-refractivity contribution in [2.45, 2.75) is 13.1 Å². The monoisotopic (exact) mass is 357 g/mol. The van der Waals surface area contributed by atoms with E-state index in [1.807, 2.05) is 66.7 Å². The van der Waals surface area contributed by atoms with Gasteiger partial charge in [0.1, 0.15) is 6.17 Å². The number of hydrogen-bond donors (Lipinski definition) is 2. The summed E-state index contributed by atoms with van der Waals surface area (Å²) in [5.41, 5.74) is 3.90. The fourth-order valence-corrected chi connectivity index (χ4v) is 3.30. The van der Waals surface area contributed by atoms with Crippen molar-refractivity contribution in [1.82, 2.24) is 0 Å². The normalized spacial score (nSPS) is 15.7. The topological polar surface area (TPSA) is 61.4 Å². The van der Waals surface area contributed by atoms with Crippen LogP contribution in [0.4, 0.5) is 17.1 Å². The molecule has 1 aliphatic heterocycles. The highest BCUT2D eigenvalue weighted by molar-refractivity contribution is 6.12. The Labute approximate surface area is 157 Å². The molecule has 0 radical (unpaired) electrons. The lowest BCUT2D eigenvalue weighted by atomic mass is 10.0. The van der Waals surface area contributed by atoms with Crippen LogP contribution in [0.15, 0.2) is 78.9 Å². The number of hydrogen-bond acceptors (Lipinski definition) is 3. The van der Waals surface area contributed by atoms with Crippen molar-refractivity contribution < 1.29 is 9.59 Å². The molecule has 1 atom stereocenters. The summed E-state index contributed by atoms with van der Waals surface area (Å²) in [5.74, 6) is -0.194. The third kappa shape index (κ3) is 3.27. The summed E-state index contributed by atoms with van der Waals surface area (Å²) in [6, 6.07) is 24.7. The molecule has 0 aliphatic carbocycles. The van der Waals surface area contributed by atoms with Crippen molar-refractivity contribution in [3.8, 4) is 0 Å². The number of fused-ring (bicyclic) bond motifs is 1. The van der Waals surface area contributed by atoms with Crippen LogP contribution in [0.1, 0.15) is 29.0 Å². The molecule has 2 amide bonds. The van der Waals surface area contributed by atoms with E-state index in [9.17, 15) is 9.59 Å². The second-order valence-electron chi connectivity index (χ2n) is 6.41. The summed E-state index contributed by atoms with van der Waals surface area (Å²) < 4.78 is 0. The maximum Gasteiger partial charge on any atom is 0.262 e. The van der Waals surface area contributed by atoms with Crippen LogP contribution < -0.4 is 15.5 Å². The van der Waals surface area contributed by atoms with Gasteiger partial charge in [0.15, 0.2) is 0 Å². The molecule has 27 heavy (non-hydrogen) atoms. The van der Waals surface area contributed by atoms with Crippen molar-refractivity contribution in [3.63, 3.8) is 0 Å². The maximum absolute atomic E-state index is 13.3. The molecular weight excluding hydrogens is 338 g/mol. The van der Waals surface area contributed by atoms with Crippen LogP contribution >= 0.6 is 0 Å². The van der Waals surface area contributed by atoms with Crippen molar-refractivity contribution >= 4 is 28.9 Å². The zero-order valence-corrected chi connectivity index (χ0v) is 14.8. The number of para-hydroxylation sites is 1. The van der Waals surface area contributed by atoms with E-state index in [4.69, 9.17) is 0 Å². The zero-order valence-electron chi connectivity index (χ0n) is 14.8. The SMILES string of the molecule is CC(=O)Nc1ccc(N2C(=O)c3ccccc3N[C@H]2c2ccccc2)cc1. The van der Waals surface area contributed by atoms with Gasteiger partial charge in [0.25, 0.3) is 5.91 Å². The van der Waals surface area contributed by atoms with Gasteiger partial charge in [0, 0.05) is 24.0 Å². The Morgan fingerprint density at radius 1 is 0.926 bits per heavy atom. The van der Waals surface area contributed by atoms with Crippen molar-refractivity contribution in [1.29, 1.82) is 0 Å². The summed E-state index contributed by atoms with van der Waals surface area (Å²) in [7, 11) is 0. The fourth-order valence-electron chi connectivity index (χ4n) is 3.30. The van der Waals surface area contributed by atoms with Crippen molar-refractivity contribution in [2.24, 2.45) is 0 Å². The van der Waals surface area contributed by atoms with E-state index in [-0.39, 0.29) is 18.0 Å². The lowest BCUT2D eigenvalue weighted by Crippen LogP contribution is -2.43. The third-order valence-corrected chi connectivity index (χ3v) is 4.51. The summed E-state index contributed by atoms with van der Waals surface area (Å²) in [6.45, 7) is 1.47. The van der Waals surface area contributed by atoms with E-state index in [1.54, 1.807) is 17.0 Å². The van der Waals surface area contributed by atoms with Gasteiger partial charge in [-0.3, -0.25) is 14.5 Å². The lowest BCUT2D eigenvalue weighted by Gasteiger charge is -2.38. The number of rotatable bonds is 3. The van der Waals surface area contributed by atoms with Crippen LogP contribution in [0.5, 0.6) is 0 Å². The Morgan fingerprint density at radius 2 is 1.59 bits per heavy atom. The standard InChI is InChI=1S/C22H19N3O2/c1-15(26)23-17-11-13-18(14-12-17)25-21(16-7-3-2-4-8-16)24-20-10-6-5-9-19(20)22(25)27/h2-14,21,24H,1H3,(H,23,26)/t21-/m1/s1. The molecule has 2 N–H and O–H groups in total. The van der Waals surface area contributed by atoms with Gasteiger partial charge in [0.05, 0.1) is 5.56 Å². The average Bonchev–Trinajstić information content (AvgIpc) is 2.69. The highest BCUT2D eigenvalue weighted by atomic mass is 16.2. The number of benzene rings is 3. The molecule has 0 spiro atoms. The molecule has 0 unspecified atom stereocenters. The number of amides is 2. The van der Waals surface area contributed by atoms with Gasteiger partial charge in [-0.15, -0.1) is 0 Å². The first-order valence-electron chi connectivity index (χ1n) is 8.75. The Balaban J connectivity index is 1.77. The van der Waals surface area contributed by atoms with Crippen LogP contribution in [-0.2, 0) is 4.79 Å². The molecule has 0 aromatic heterocycles. The van der Waals surface area contributed by atoms with Crippen LogP contribution in [0.3, 0.4) is 0 Å². The van der Waals surface area contributed by atoms with Crippen LogP contribution in [0, 0.1) is 0 Å². The first kappa shape index (κ1) is 16.8. The molecule has 1 aliphatic rings. The molecular formula is C22H19N3O2. The predicted octanol–water partition coefficient (Wildman–Crippen LogP) is 4.42. The summed E-state index contributed by atoms with van der Waals surface area (Å²) in [6.07, 6.45) is -0.319. The smallest absolute Gasteiger partial charge is 0.262 e. The number of anilines is 3. The van der Waals surface area contributed by atoms with E-state index in [0.29, 0.717) is 11.3 Å². The van der Waals surface area contributed by atoms with E-state index in [0.717, 1.165) is 16.9 Å². The summed E-state index contributed by atoms with van der Waals surface area (Å²) in [4.78, 5) is 26.3. The van der Waals surface area contributed by atoms with Crippen molar-refractivity contribution in [3.05, 3.63) is 90.0 Å². The van der Waals surface area contributed by atoms with Gasteiger partial charge in [-0.2, -0.15) is 0 Å². The molecule has 1 heterocycles. The number of carbonyl (C=O) groups excluding carboxylic acids is 2. The molecule has 0 fully saturated rings. The molecule has 134 valence electrons. The molecule has 3 aromatic carbocycles. The van der Waals surface area contributed by atoms with Gasteiger partial charge in [-0.1, -0.05) is 42.5 Å². The highest BCUT2D eigenvalue weighted by Gasteiger charge is 2.33. The van der Waals surface area contributed by atoms with Gasteiger partial charge < -0.3 is 10.6 Å². The zero-order chi connectivity index (χ0) is 18.8. The fraction of sp³-hybridized carbons (Fsp3) is 0.0909. The van der Waals surface area contributed by atoms with Gasteiger partial charge in [0.2, 0.25) is 5.91 Å². The minimum absolute atomic E-state index is 0.0644. The van der Waals surface area contributed by atoms with Crippen LogP contribution in [0.2, 0.25) is 0 Å². The Morgan fingerprint density at radius 3 is 2.30 bits per heavy atom. The molecule has 0 bridgehead atoms. The van der Waals surface area contributed by atoms with Crippen molar-refractivity contribution in [2.75, 3.05) is 15.5 Å². The van der Waals surface area contributed by atoms with E-state index in [2.05, 4.69) is 10.6 Å². The van der Waals surface area contributed by atoms with Crippen LogP contribution in [-0.4, -0.2) is 11.8 Å². The number of carbonyl (C=O) groups is 2. The van der Waals surface area contributed by atoms with Gasteiger partial charge in [-0.05, 0) is 42.0 Å². The van der Waals surface area contributed by atoms with Gasteiger partial charge in [-0.25, -0.2) is 0 Å². The van der Waals surface area contributed by atoms with E-state index < -0.39 is 0 Å². The number of nitrogens with one attached hydrogen (secondary N) is 2. The highest BCUT2D eigenvalue weighted by Crippen LogP contribution is 2.36. The summed E-state index contributed by atoms with van der Waals surface area (Å²) in [5, 5.41) is 6.22. The predicted molar refractivity (Wildman–Crippen MR) is 107 cm³/mol. The van der Waals surface area contributed by atoms with E-state index in [1.165, 1.54) is 6.92 Å². The maximum atomic E-state index is 13.3. The average molecular weight is 357 g/mol. The molecule has 0 saturated carbocycles. The summed E-state index contributed by atoms with van der Waals surface area (Å²) >= 11 is 0. The first-order chi connectivity index (χ1) is 13.1. The largest absolute Gasteiger partial charge is 0.360 e. The Bertz CT molecular complexity index is 984. The Hall–Kier alpha value is -3.60. The van der Waals surface area contributed by atoms with Gasteiger partial charge >= 0.3 is 0 Å².